The molecule has 88 valence electrons. The largest absolute Gasteiger partial charge is 0.370 e. The quantitative estimate of drug-likeness (QED) is 0.897. The number of piperidine rings is 1. The first-order valence-electron chi connectivity index (χ1n) is 5.89. The number of rotatable bonds is 2. The topological polar surface area (TPSA) is 15.3 Å². The molecule has 0 aliphatic carbocycles. The Bertz CT molecular complexity index is 365. The summed E-state index contributed by atoms with van der Waals surface area (Å²) < 4.78 is 1.16. The molecule has 2 nitrogen and oxygen atoms in total. The fraction of sp³-hybridized carbons (Fsp3) is 0.538. The zero-order valence-corrected chi connectivity index (χ0v) is 11.5. The number of aryl methyl sites for hydroxylation is 1. The molecule has 1 aromatic rings. The highest BCUT2D eigenvalue weighted by Crippen LogP contribution is 2.26. The molecule has 0 spiro atoms. The van der Waals surface area contributed by atoms with E-state index in [2.05, 4.69) is 58.3 Å². The Morgan fingerprint density at radius 2 is 2.25 bits per heavy atom. The van der Waals surface area contributed by atoms with Crippen molar-refractivity contribution in [2.24, 2.45) is 0 Å². The minimum Gasteiger partial charge on any atom is -0.370 e. The minimum absolute atomic E-state index is 0.636. The monoisotopic (exact) mass is 282 g/mol. The molecule has 0 aromatic heterocycles. The number of halogens is 1. The van der Waals surface area contributed by atoms with Gasteiger partial charge in [-0.05, 0) is 50.6 Å². The van der Waals surface area contributed by atoms with Gasteiger partial charge in [-0.2, -0.15) is 0 Å². The lowest BCUT2D eigenvalue weighted by atomic mass is 10.0. The predicted octanol–water partition coefficient (Wildman–Crippen LogP) is 2.95. The van der Waals surface area contributed by atoms with Crippen LogP contribution in [0.15, 0.2) is 22.7 Å². The Morgan fingerprint density at radius 1 is 1.44 bits per heavy atom. The van der Waals surface area contributed by atoms with Crippen LogP contribution >= 0.6 is 15.9 Å². The van der Waals surface area contributed by atoms with Crippen molar-refractivity contribution in [1.29, 1.82) is 0 Å². The molecule has 3 heteroatoms. The highest BCUT2D eigenvalue weighted by molar-refractivity contribution is 9.10. The second kappa shape index (κ2) is 5.19. The van der Waals surface area contributed by atoms with Crippen molar-refractivity contribution in [3.63, 3.8) is 0 Å². The van der Waals surface area contributed by atoms with Crippen LogP contribution in [0, 0.1) is 6.92 Å². The lowest BCUT2D eigenvalue weighted by molar-refractivity contribution is 0.449. The number of nitrogens with one attached hydrogen (secondary N) is 1. The average Bonchev–Trinajstić information content (AvgIpc) is 2.29. The van der Waals surface area contributed by atoms with E-state index >= 15 is 0 Å². The first-order chi connectivity index (χ1) is 7.70. The molecule has 0 amide bonds. The van der Waals surface area contributed by atoms with Crippen LogP contribution in [0.5, 0.6) is 0 Å². The van der Waals surface area contributed by atoms with Gasteiger partial charge in [0.1, 0.15) is 0 Å². The van der Waals surface area contributed by atoms with Gasteiger partial charge in [0.2, 0.25) is 0 Å². The van der Waals surface area contributed by atoms with E-state index in [1.54, 1.807) is 0 Å². The first kappa shape index (κ1) is 11.9. The molecule has 1 aromatic carbocycles. The molecule has 1 unspecified atom stereocenters. The standard InChI is InChI=1S/C13H19BrN2/c1-10-8-11(14)5-6-13(10)16-7-3-4-12(9-16)15-2/h5-6,8,12,15H,3-4,7,9H2,1-2H3. The average molecular weight is 283 g/mol. The van der Waals surface area contributed by atoms with Crippen LogP contribution in [-0.4, -0.2) is 26.2 Å². The molecule has 1 aliphatic rings. The molecule has 1 atom stereocenters. The van der Waals surface area contributed by atoms with Crippen molar-refractivity contribution in [2.75, 3.05) is 25.0 Å². The van der Waals surface area contributed by atoms with Crippen molar-refractivity contribution in [3.8, 4) is 0 Å². The Labute approximate surface area is 106 Å². The normalized spacial score (nSPS) is 21.2. The molecule has 1 saturated heterocycles. The van der Waals surface area contributed by atoms with E-state index in [1.807, 2.05) is 0 Å². The Morgan fingerprint density at radius 3 is 2.94 bits per heavy atom. The Kier molecular flexibility index (Phi) is 3.87. The van der Waals surface area contributed by atoms with Gasteiger partial charge in [-0.25, -0.2) is 0 Å². The maximum Gasteiger partial charge on any atom is 0.0397 e. The van der Waals surface area contributed by atoms with Gasteiger partial charge in [0.25, 0.3) is 0 Å². The predicted molar refractivity (Wildman–Crippen MR) is 73.2 cm³/mol. The second-order valence-corrected chi connectivity index (χ2v) is 5.42. The van der Waals surface area contributed by atoms with Crippen molar-refractivity contribution in [2.45, 2.75) is 25.8 Å². The zero-order valence-electron chi connectivity index (χ0n) is 9.96. The summed E-state index contributed by atoms with van der Waals surface area (Å²) in [4.78, 5) is 2.49. The Balaban J connectivity index is 2.16. The number of likely N-dealkylation sites (N-methyl/N-ethyl adjacent to an activating group) is 1. The van der Waals surface area contributed by atoms with Gasteiger partial charge in [-0.1, -0.05) is 15.9 Å². The SMILES string of the molecule is CNC1CCCN(c2ccc(Br)cc2C)C1. The Hall–Kier alpha value is -0.540. The van der Waals surface area contributed by atoms with Crippen LogP contribution in [0.3, 0.4) is 0 Å². The van der Waals surface area contributed by atoms with E-state index in [1.165, 1.54) is 30.6 Å². The smallest absolute Gasteiger partial charge is 0.0397 e. The van der Waals surface area contributed by atoms with Gasteiger partial charge in [0, 0.05) is 29.3 Å². The van der Waals surface area contributed by atoms with Crippen molar-refractivity contribution in [1.82, 2.24) is 5.32 Å². The van der Waals surface area contributed by atoms with Crippen LogP contribution < -0.4 is 10.2 Å². The van der Waals surface area contributed by atoms with E-state index in [-0.39, 0.29) is 0 Å². The summed E-state index contributed by atoms with van der Waals surface area (Å²) >= 11 is 3.51. The van der Waals surface area contributed by atoms with Gasteiger partial charge >= 0.3 is 0 Å². The summed E-state index contributed by atoms with van der Waals surface area (Å²) in [6, 6.07) is 7.18. The van der Waals surface area contributed by atoms with E-state index in [0.717, 1.165) is 11.0 Å². The maximum absolute atomic E-state index is 3.51. The number of hydrogen-bond donors (Lipinski definition) is 1. The van der Waals surface area contributed by atoms with Crippen molar-refractivity contribution < 1.29 is 0 Å². The number of hydrogen-bond acceptors (Lipinski definition) is 2. The third kappa shape index (κ3) is 2.58. The minimum atomic E-state index is 0.636. The number of anilines is 1. The highest BCUT2D eigenvalue weighted by atomic mass is 79.9. The van der Waals surface area contributed by atoms with E-state index < -0.39 is 0 Å². The van der Waals surface area contributed by atoms with Gasteiger partial charge in [-0.3, -0.25) is 0 Å². The molecule has 1 heterocycles. The third-order valence-corrected chi connectivity index (χ3v) is 3.82. The summed E-state index contributed by atoms with van der Waals surface area (Å²) in [5.41, 5.74) is 2.73. The lowest BCUT2D eigenvalue weighted by Gasteiger charge is -2.35. The molecule has 16 heavy (non-hydrogen) atoms. The summed E-state index contributed by atoms with van der Waals surface area (Å²) in [5.74, 6) is 0. The van der Waals surface area contributed by atoms with E-state index in [0.29, 0.717) is 6.04 Å². The number of nitrogens with zero attached hydrogens (tertiary/aromatic N) is 1. The van der Waals surface area contributed by atoms with Crippen LogP contribution in [0.2, 0.25) is 0 Å². The summed E-state index contributed by atoms with van der Waals surface area (Å²) in [6.07, 6.45) is 2.57. The fourth-order valence-electron chi connectivity index (χ4n) is 2.41. The molecule has 2 rings (SSSR count). The third-order valence-electron chi connectivity index (χ3n) is 3.33. The summed E-state index contributed by atoms with van der Waals surface area (Å²) in [7, 11) is 2.06. The van der Waals surface area contributed by atoms with Gasteiger partial charge in [0.05, 0.1) is 0 Å². The molecular formula is C13H19BrN2. The highest BCUT2D eigenvalue weighted by Gasteiger charge is 2.19. The summed E-state index contributed by atoms with van der Waals surface area (Å²) in [6.45, 7) is 4.49. The summed E-state index contributed by atoms with van der Waals surface area (Å²) in [5, 5.41) is 3.38. The first-order valence-corrected chi connectivity index (χ1v) is 6.68. The zero-order chi connectivity index (χ0) is 11.5. The van der Waals surface area contributed by atoms with Crippen LogP contribution in [0.1, 0.15) is 18.4 Å². The molecule has 0 saturated carbocycles. The maximum atomic E-state index is 3.51. The second-order valence-electron chi connectivity index (χ2n) is 4.50. The van der Waals surface area contributed by atoms with E-state index in [9.17, 15) is 0 Å². The van der Waals surface area contributed by atoms with Gasteiger partial charge in [-0.15, -0.1) is 0 Å². The van der Waals surface area contributed by atoms with Gasteiger partial charge < -0.3 is 10.2 Å². The lowest BCUT2D eigenvalue weighted by Crippen LogP contribution is -2.44. The van der Waals surface area contributed by atoms with E-state index in [4.69, 9.17) is 0 Å². The fourth-order valence-corrected chi connectivity index (χ4v) is 2.88. The molecule has 0 bridgehead atoms. The van der Waals surface area contributed by atoms with Crippen LogP contribution in [0.4, 0.5) is 5.69 Å². The number of benzene rings is 1. The van der Waals surface area contributed by atoms with Crippen molar-refractivity contribution in [3.05, 3.63) is 28.2 Å². The molecule has 1 aliphatic heterocycles. The van der Waals surface area contributed by atoms with Crippen LogP contribution in [-0.2, 0) is 0 Å². The molecule has 0 radical (unpaired) electrons. The van der Waals surface area contributed by atoms with Crippen LogP contribution in [0.25, 0.3) is 0 Å². The molecule has 1 fully saturated rings. The van der Waals surface area contributed by atoms with Crippen molar-refractivity contribution >= 4 is 21.6 Å². The van der Waals surface area contributed by atoms with Gasteiger partial charge in [0.15, 0.2) is 0 Å². The molecule has 1 N–H and O–H groups in total. The molecular weight excluding hydrogens is 264 g/mol.